The van der Waals surface area contributed by atoms with Gasteiger partial charge in [-0.05, 0) is 198 Å². The predicted molar refractivity (Wildman–Crippen MR) is 423 cm³/mol. The number of benzene rings is 2. The summed E-state index contributed by atoms with van der Waals surface area (Å²) < 4.78 is 166. The Hall–Kier alpha value is -9.87. The fourth-order valence-electron chi connectivity index (χ4n) is 11.1. The van der Waals surface area contributed by atoms with Crippen molar-refractivity contribution in [3.63, 3.8) is 0 Å². The minimum Gasteiger partial charge on any atom is -0.423 e. The third-order valence-electron chi connectivity index (χ3n) is 18.4. The first-order valence-corrected chi connectivity index (χ1v) is 36.6. The third kappa shape index (κ3) is 21.0. The summed E-state index contributed by atoms with van der Waals surface area (Å²) in [6.45, 7) is 16.2. The van der Waals surface area contributed by atoms with Gasteiger partial charge in [0.2, 0.25) is 0 Å². The highest BCUT2D eigenvalue weighted by Crippen LogP contribution is 2.44. The van der Waals surface area contributed by atoms with E-state index in [4.69, 9.17) is 51.9 Å². The van der Waals surface area contributed by atoms with Crippen molar-refractivity contribution in [1.82, 2.24) is 59.8 Å². The van der Waals surface area contributed by atoms with E-state index in [1.807, 2.05) is 85.7 Å². The van der Waals surface area contributed by atoms with Gasteiger partial charge in [-0.25, -0.2) is 33.7 Å². The first-order valence-electron chi connectivity index (χ1n) is 34.2. The van der Waals surface area contributed by atoms with E-state index >= 15 is 0 Å². The summed E-state index contributed by atoms with van der Waals surface area (Å²) in [4.78, 5) is 43.6. The van der Waals surface area contributed by atoms with Crippen molar-refractivity contribution in [2.75, 3.05) is 0 Å². The number of H-pyrrole nitrogens is 3. The molecule has 2 fully saturated rings. The number of hydrogen-bond acceptors (Lipinski definition) is 15. The van der Waals surface area contributed by atoms with Crippen molar-refractivity contribution >= 4 is 115 Å². The fraction of sp³-hybridized carbons (Fsp3) is 0.192. The van der Waals surface area contributed by atoms with E-state index in [2.05, 4.69) is 91.7 Å². The van der Waals surface area contributed by atoms with Crippen LogP contribution in [-0.2, 0) is 37.1 Å². The molecule has 36 heteroatoms. The lowest BCUT2D eigenvalue weighted by molar-refractivity contribution is -0.141. The second kappa shape index (κ2) is 34.7. The number of pyridine rings is 9. The van der Waals surface area contributed by atoms with Gasteiger partial charge in [0.1, 0.15) is 56.0 Å². The van der Waals surface area contributed by atoms with E-state index in [1.54, 1.807) is 116 Å². The van der Waals surface area contributed by atoms with Crippen LogP contribution in [0.1, 0.15) is 72.5 Å². The molecule has 16 rings (SSSR count). The minimum absolute atomic E-state index is 0.0949. The van der Waals surface area contributed by atoms with E-state index < -0.39 is 62.6 Å². The van der Waals surface area contributed by atoms with Crippen LogP contribution in [0.4, 0.5) is 48.3 Å². The number of rotatable bonds is 8. The molecule has 0 radical (unpaired) electrons. The standard InChI is InChI=1S/C24H14F4N4.C18H10ClF3N4.C12H24B2O4.C10H6BrClN2.C8H4BrF3N2.C6H6BFO2/c25-20-4-2-1-3-19(20)21-9-14(5-6-30-21)16-8-17(12-29-11-16)18-7-15-10-22(24(26,27)28)32-23(15)31-13-18;19-16-6-10(1-2-24-16)12-4-13(8-23-7-12)14-3-11-5-15(18(20,21)22)26-17(11)25-9-14;1-9(2)10(3,4)16-13(15-9)14-17-11(5,6)12(7,8)18-14;11-8-2-4-13-9(6-8)7-1-3-14-10(12)5-7;9-5-1-4-2-6(8(10,11)12)14-7(4)13-3-5;8-6-4-2-1-3-5(6)7(9)10/h1-13H,(H,31,32);1-9H,(H,25,26);1-8H3;1-6H;1-3H,(H,13,14);1-4,9-10H. The Morgan fingerprint density at radius 3 is 1.17 bits per heavy atom. The van der Waals surface area contributed by atoms with Crippen molar-refractivity contribution < 1.29 is 77.0 Å². The zero-order valence-electron chi connectivity index (χ0n) is 61.2. The molecule has 18 nitrogen and oxygen atoms in total. The molecule has 5 N–H and O–H groups in total. The van der Waals surface area contributed by atoms with E-state index in [0.717, 1.165) is 61.7 Å². The molecule has 14 aromatic rings. The van der Waals surface area contributed by atoms with Crippen LogP contribution in [0.15, 0.2) is 223 Å². The Kier molecular flexibility index (Phi) is 25.9. The Balaban J connectivity index is 0.000000141. The molecule has 0 bridgehead atoms. The molecule has 0 aliphatic carbocycles. The summed E-state index contributed by atoms with van der Waals surface area (Å²) in [5, 5.41) is 19.1. The van der Waals surface area contributed by atoms with Gasteiger partial charge in [-0.1, -0.05) is 69.5 Å². The van der Waals surface area contributed by atoms with E-state index in [9.17, 15) is 48.3 Å². The Labute approximate surface area is 672 Å². The molecule has 12 aromatic heterocycles. The van der Waals surface area contributed by atoms with Gasteiger partial charge in [0.15, 0.2) is 0 Å². The normalized spacial score (nSPS) is 14.6. The second-order valence-electron chi connectivity index (χ2n) is 27.5. The van der Waals surface area contributed by atoms with E-state index in [0.29, 0.717) is 58.9 Å². The van der Waals surface area contributed by atoms with Crippen LogP contribution < -0.4 is 5.46 Å². The molecule has 0 saturated carbocycles. The monoisotopic (exact) mass is 1730 g/mol. The Morgan fingerprint density at radius 2 is 0.746 bits per heavy atom. The lowest BCUT2D eigenvalue weighted by Gasteiger charge is -2.32. The van der Waals surface area contributed by atoms with Gasteiger partial charge in [0, 0.05) is 143 Å². The average Bonchev–Trinajstić information content (AvgIpc) is 1.59. The number of nitrogens with zero attached hydrogens (tertiary/aromatic N) is 9. The number of nitrogens with one attached hydrogen (secondary N) is 3. The molecule has 2 aromatic carbocycles. The highest BCUT2D eigenvalue weighted by atomic mass is 79.9. The van der Waals surface area contributed by atoms with Crippen LogP contribution in [0, 0.1) is 11.6 Å². The van der Waals surface area contributed by atoms with Crippen LogP contribution in [0.3, 0.4) is 0 Å². The van der Waals surface area contributed by atoms with Gasteiger partial charge in [0.25, 0.3) is 0 Å². The molecule has 0 spiro atoms. The third-order valence-corrected chi connectivity index (χ3v) is 19.8. The molecular weight excluding hydrogens is 1670 g/mol. The molecule has 14 heterocycles. The van der Waals surface area contributed by atoms with E-state index in [1.165, 1.54) is 48.9 Å². The summed E-state index contributed by atoms with van der Waals surface area (Å²) in [5.41, 5.74) is 5.24. The Bertz CT molecular complexity index is 5640. The number of fused-ring (bicyclic) bond motifs is 3. The smallest absolute Gasteiger partial charge is 0.423 e. The number of aromatic nitrogens is 12. The molecule has 2 aliphatic rings. The van der Waals surface area contributed by atoms with Gasteiger partial charge >= 0.3 is 39.7 Å². The van der Waals surface area contributed by atoms with Crippen LogP contribution >= 0.6 is 55.1 Å². The summed E-state index contributed by atoms with van der Waals surface area (Å²) in [5.74, 6) is -0.967. The van der Waals surface area contributed by atoms with Crippen molar-refractivity contribution in [2.45, 2.75) is 96.3 Å². The number of halogens is 15. The average molecular weight is 1740 g/mol. The number of hydrogen-bond donors (Lipinski definition) is 5. The van der Waals surface area contributed by atoms with Crippen LogP contribution in [0.2, 0.25) is 10.3 Å². The molecule has 0 amide bonds. The number of alkyl halides is 9. The molecule has 0 unspecified atom stereocenters. The van der Waals surface area contributed by atoms with Crippen LogP contribution in [0.5, 0.6) is 0 Å². The lowest BCUT2D eigenvalue weighted by atomic mass is 9.49. The van der Waals surface area contributed by atoms with Gasteiger partial charge < -0.3 is 43.6 Å². The zero-order chi connectivity index (χ0) is 82.5. The molecule has 2 saturated heterocycles. The van der Waals surface area contributed by atoms with Gasteiger partial charge in [0.05, 0.1) is 33.8 Å². The fourth-order valence-corrected chi connectivity index (χ4v) is 12.2. The minimum atomic E-state index is -4.47. The van der Waals surface area contributed by atoms with Gasteiger partial charge in [-0.15, -0.1) is 0 Å². The predicted octanol–water partition coefficient (Wildman–Crippen LogP) is 20.5. The molecular formula is C78H64B3Br2Cl2F11N12O6. The first kappa shape index (κ1) is 85.0. The molecule has 2 aliphatic heterocycles. The maximum absolute atomic E-state index is 14.2. The maximum atomic E-state index is 14.2. The largest absolute Gasteiger partial charge is 0.491 e. The molecule has 586 valence electrons. The summed E-state index contributed by atoms with van der Waals surface area (Å²) in [6, 6.07) is 38.2. The SMILES string of the molecule is CC1(C)OB(B2OC(C)(C)C(C)(C)O2)OC1(C)C.Clc1cc(-c2cc(Br)ccn2)ccn1.FC(F)(F)c1cc2cc(-c3cncc(-c4ccnc(Cl)c4)c3)cnc2[nH]1.FC(F)(F)c1cc2cc(Br)cnc2[nH]1.Fc1ccccc1-c1cc(-c2cncc(-c3cnc4[nH]c(C(F)(F)F)cc4c3)c2)ccn1.OB(O)c1ccccc1F. The van der Waals surface area contributed by atoms with Crippen molar-refractivity contribution in [2.24, 2.45) is 0 Å². The van der Waals surface area contributed by atoms with Gasteiger partial charge in [-0.3, -0.25) is 19.9 Å². The lowest BCUT2D eigenvalue weighted by Crippen LogP contribution is -2.41. The second-order valence-corrected chi connectivity index (χ2v) is 30.1. The van der Waals surface area contributed by atoms with E-state index in [-0.39, 0.29) is 50.6 Å². The van der Waals surface area contributed by atoms with Crippen molar-refractivity contribution in [1.29, 1.82) is 0 Å². The Morgan fingerprint density at radius 1 is 0.377 bits per heavy atom. The number of aromatic amines is 3. The topological polar surface area (TPSA) is 241 Å². The van der Waals surface area contributed by atoms with Crippen molar-refractivity contribution in [3.05, 3.63) is 262 Å². The highest BCUT2D eigenvalue weighted by molar-refractivity contribution is 9.10. The van der Waals surface area contributed by atoms with Crippen molar-refractivity contribution in [3.8, 4) is 67.0 Å². The van der Waals surface area contributed by atoms with Crippen LogP contribution in [0.25, 0.3) is 100 Å². The highest BCUT2D eigenvalue weighted by Gasteiger charge is 2.64. The van der Waals surface area contributed by atoms with Gasteiger partial charge in [-0.2, -0.15) is 39.5 Å². The van der Waals surface area contributed by atoms with Crippen LogP contribution in [-0.4, -0.2) is 113 Å². The summed E-state index contributed by atoms with van der Waals surface area (Å²) in [6.07, 6.45) is 4.37. The first-order chi connectivity index (χ1) is 53.6. The zero-order valence-corrected chi connectivity index (χ0v) is 65.8. The summed E-state index contributed by atoms with van der Waals surface area (Å²) >= 11 is 18.2. The molecule has 114 heavy (non-hydrogen) atoms. The molecule has 0 atom stereocenters. The quantitative estimate of drug-likeness (QED) is 0.0540. The summed E-state index contributed by atoms with van der Waals surface area (Å²) in [7, 11) is -2.67. The maximum Gasteiger partial charge on any atom is 0.491 e.